The number of aromatic nitrogens is 1. The number of hydrogen-bond donors (Lipinski definition) is 1. The van der Waals surface area contributed by atoms with Crippen molar-refractivity contribution in [2.24, 2.45) is 0 Å². The fourth-order valence-electron chi connectivity index (χ4n) is 4.76. The van der Waals surface area contributed by atoms with Crippen LogP contribution < -0.4 is 0 Å². The van der Waals surface area contributed by atoms with E-state index in [1.807, 2.05) is 43.0 Å². The summed E-state index contributed by atoms with van der Waals surface area (Å²) in [6, 6.07) is 24.6. The van der Waals surface area contributed by atoms with Crippen molar-refractivity contribution in [3.8, 4) is 11.3 Å². The van der Waals surface area contributed by atoms with Crippen molar-refractivity contribution in [3.05, 3.63) is 94.0 Å². The van der Waals surface area contributed by atoms with Gasteiger partial charge in [-0.2, -0.15) is 0 Å². The van der Waals surface area contributed by atoms with Gasteiger partial charge in [-0.05, 0) is 55.7 Å². The number of carbonyl (C=O) groups excluding carboxylic acids is 1. The van der Waals surface area contributed by atoms with Gasteiger partial charge in [0.1, 0.15) is 0 Å². The molecule has 0 saturated heterocycles. The molecule has 1 aromatic heterocycles. The molecule has 1 atom stereocenters. The number of nitrogens with zero attached hydrogens (tertiary/aromatic N) is 1. The quantitative estimate of drug-likeness (QED) is 0.277. The van der Waals surface area contributed by atoms with E-state index in [9.17, 15) is 4.79 Å². The molecule has 5 heteroatoms. The highest BCUT2D eigenvalue weighted by Gasteiger charge is 2.39. The van der Waals surface area contributed by atoms with Crippen LogP contribution in [-0.4, -0.2) is 35.0 Å². The number of carbonyl (C=O) groups is 1. The number of nitrogens with one attached hydrogen (secondary N) is 1. The highest BCUT2D eigenvalue weighted by molar-refractivity contribution is 9.10. The molecule has 168 valence electrons. The van der Waals surface area contributed by atoms with Crippen LogP contribution in [0.25, 0.3) is 22.2 Å². The summed E-state index contributed by atoms with van der Waals surface area (Å²) in [6.45, 7) is 5.36. The number of fused-ring (bicyclic) bond motifs is 2. The van der Waals surface area contributed by atoms with Crippen molar-refractivity contribution in [2.75, 3.05) is 13.2 Å². The molecule has 0 radical (unpaired) electrons. The molecular weight excluding hydrogens is 476 g/mol. The molecule has 1 aliphatic rings. The smallest absolute Gasteiger partial charge is 0.255 e. The number of ether oxygens (including phenoxy) is 1. The van der Waals surface area contributed by atoms with E-state index in [0.29, 0.717) is 13.2 Å². The molecule has 0 spiro atoms. The average molecular weight is 503 g/mol. The molecule has 0 aliphatic carbocycles. The number of H-pyrrole nitrogens is 1. The minimum absolute atomic E-state index is 0.0900. The second-order valence-electron chi connectivity index (χ2n) is 8.73. The summed E-state index contributed by atoms with van der Waals surface area (Å²) in [5.74, 6) is 0.0900. The summed E-state index contributed by atoms with van der Waals surface area (Å²) in [7, 11) is 0. The lowest BCUT2D eigenvalue weighted by molar-refractivity contribution is 0.0605. The second-order valence-corrected chi connectivity index (χ2v) is 9.64. The molecule has 0 fully saturated rings. The molecule has 0 saturated carbocycles. The lowest BCUT2D eigenvalue weighted by Gasteiger charge is -2.27. The standard InChI is InChI=1S/C28H27BrN2O2/c1-18(2)33-17-7-16-31-27(21-8-3-4-9-22(21)28(31)32)25-23-10-5-6-11-24(23)30-26(25)19-12-14-20(29)15-13-19/h3-6,8-15,18,27,30H,7,16-17H2,1-2H3/t27-/m1/s1. The van der Waals surface area contributed by atoms with E-state index >= 15 is 0 Å². The molecule has 33 heavy (non-hydrogen) atoms. The van der Waals surface area contributed by atoms with Gasteiger partial charge < -0.3 is 14.6 Å². The largest absolute Gasteiger partial charge is 0.379 e. The van der Waals surface area contributed by atoms with Gasteiger partial charge in [0.05, 0.1) is 17.8 Å². The van der Waals surface area contributed by atoms with Crippen LogP contribution in [0, 0.1) is 0 Å². The van der Waals surface area contributed by atoms with Crippen LogP contribution in [0.1, 0.15) is 47.8 Å². The van der Waals surface area contributed by atoms with Crippen molar-refractivity contribution in [2.45, 2.75) is 32.4 Å². The highest BCUT2D eigenvalue weighted by atomic mass is 79.9. The zero-order valence-corrected chi connectivity index (χ0v) is 20.4. The van der Waals surface area contributed by atoms with Gasteiger partial charge in [-0.1, -0.05) is 64.5 Å². The number of benzene rings is 3. The SMILES string of the molecule is CC(C)OCCCN1C(=O)c2ccccc2[C@@H]1c1c(-c2ccc(Br)cc2)[nH]c2ccccc12. The van der Waals surface area contributed by atoms with Gasteiger partial charge in [0.2, 0.25) is 0 Å². The zero-order chi connectivity index (χ0) is 22.9. The molecule has 3 aromatic carbocycles. The summed E-state index contributed by atoms with van der Waals surface area (Å²) in [4.78, 5) is 19.2. The Kier molecular flexibility index (Phi) is 6.09. The number of halogens is 1. The first-order chi connectivity index (χ1) is 16.0. The monoisotopic (exact) mass is 502 g/mol. The number of hydrogen-bond acceptors (Lipinski definition) is 2. The summed E-state index contributed by atoms with van der Waals surface area (Å²) < 4.78 is 6.80. The topological polar surface area (TPSA) is 45.3 Å². The predicted molar refractivity (Wildman–Crippen MR) is 136 cm³/mol. The van der Waals surface area contributed by atoms with E-state index in [0.717, 1.165) is 49.7 Å². The summed E-state index contributed by atoms with van der Waals surface area (Å²) >= 11 is 3.55. The molecule has 4 nitrogen and oxygen atoms in total. The van der Waals surface area contributed by atoms with Crippen LogP contribution in [-0.2, 0) is 4.74 Å². The maximum atomic E-state index is 13.5. The summed E-state index contributed by atoms with van der Waals surface area (Å²) in [5, 5.41) is 1.15. The highest BCUT2D eigenvalue weighted by Crippen LogP contribution is 2.45. The van der Waals surface area contributed by atoms with E-state index in [-0.39, 0.29) is 18.1 Å². The van der Waals surface area contributed by atoms with Gasteiger partial charge in [0.15, 0.2) is 0 Å². The van der Waals surface area contributed by atoms with E-state index in [1.54, 1.807) is 0 Å². The predicted octanol–water partition coefficient (Wildman–Crippen LogP) is 6.96. The third-order valence-corrected chi connectivity index (χ3v) is 6.73. The summed E-state index contributed by atoms with van der Waals surface area (Å²) in [5.41, 5.74) is 6.24. The Morgan fingerprint density at radius 1 is 1.00 bits per heavy atom. The van der Waals surface area contributed by atoms with Crippen LogP contribution >= 0.6 is 15.9 Å². The molecule has 1 N–H and O–H groups in total. The number of rotatable bonds is 7. The molecular formula is C28H27BrN2O2. The van der Waals surface area contributed by atoms with Crippen LogP contribution in [0.15, 0.2) is 77.3 Å². The van der Waals surface area contributed by atoms with Crippen LogP contribution in [0.3, 0.4) is 0 Å². The van der Waals surface area contributed by atoms with Gasteiger partial charge in [-0.3, -0.25) is 4.79 Å². The van der Waals surface area contributed by atoms with Gasteiger partial charge >= 0.3 is 0 Å². The lowest BCUT2D eigenvalue weighted by Crippen LogP contribution is -2.30. The van der Waals surface area contributed by atoms with Gasteiger partial charge in [-0.25, -0.2) is 0 Å². The van der Waals surface area contributed by atoms with E-state index in [2.05, 4.69) is 69.4 Å². The number of aromatic amines is 1. The Morgan fingerprint density at radius 3 is 2.52 bits per heavy atom. The van der Waals surface area contributed by atoms with Crippen LogP contribution in [0.5, 0.6) is 0 Å². The number of amides is 1. The molecule has 4 aromatic rings. The normalized spacial score (nSPS) is 15.6. The van der Waals surface area contributed by atoms with Crippen LogP contribution in [0.4, 0.5) is 0 Å². The first kappa shape index (κ1) is 21.9. The molecule has 0 bridgehead atoms. The van der Waals surface area contributed by atoms with Crippen LogP contribution in [0.2, 0.25) is 0 Å². The fraction of sp³-hybridized carbons (Fsp3) is 0.250. The van der Waals surface area contributed by atoms with Crippen molar-refractivity contribution in [1.29, 1.82) is 0 Å². The Hall–Kier alpha value is -2.89. The van der Waals surface area contributed by atoms with Crippen molar-refractivity contribution >= 4 is 32.7 Å². The maximum absolute atomic E-state index is 13.5. The third kappa shape index (κ3) is 4.11. The minimum atomic E-state index is -0.150. The molecule has 0 unspecified atom stereocenters. The van der Waals surface area contributed by atoms with E-state index < -0.39 is 0 Å². The zero-order valence-electron chi connectivity index (χ0n) is 18.8. The van der Waals surface area contributed by atoms with Crippen molar-refractivity contribution in [1.82, 2.24) is 9.88 Å². The van der Waals surface area contributed by atoms with Gasteiger partial charge in [0.25, 0.3) is 5.91 Å². The Balaban J connectivity index is 1.65. The minimum Gasteiger partial charge on any atom is -0.379 e. The maximum Gasteiger partial charge on any atom is 0.255 e. The third-order valence-electron chi connectivity index (χ3n) is 6.21. The lowest BCUT2D eigenvalue weighted by atomic mass is 9.93. The van der Waals surface area contributed by atoms with Gasteiger partial charge in [-0.15, -0.1) is 0 Å². The van der Waals surface area contributed by atoms with Crippen molar-refractivity contribution in [3.63, 3.8) is 0 Å². The first-order valence-electron chi connectivity index (χ1n) is 11.4. The van der Waals surface area contributed by atoms with Crippen molar-refractivity contribution < 1.29 is 9.53 Å². The Labute approximate surface area is 202 Å². The van der Waals surface area contributed by atoms with E-state index in [1.165, 1.54) is 0 Å². The Morgan fingerprint density at radius 2 is 1.73 bits per heavy atom. The molecule has 5 rings (SSSR count). The summed E-state index contributed by atoms with van der Waals surface area (Å²) in [6.07, 6.45) is 0.981. The number of para-hydroxylation sites is 1. The van der Waals surface area contributed by atoms with Gasteiger partial charge in [0, 0.05) is 39.7 Å². The molecule has 1 amide bonds. The second kappa shape index (κ2) is 9.16. The first-order valence-corrected chi connectivity index (χ1v) is 12.2. The average Bonchev–Trinajstić information content (AvgIpc) is 3.32. The fourth-order valence-corrected chi connectivity index (χ4v) is 5.02. The van der Waals surface area contributed by atoms with E-state index in [4.69, 9.17) is 4.74 Å². The molecule has 2 heterocycles. The Bertz CT molecular complexity index is 1290. The molecule has 1 aliphatic heterocycles.